The maximum atomic E-state index is 15.8. The first-order chi connectivity index (χ1) is 15.8. The molecule has 1 nitrogen and oxygen atoms in total. The van der Waals surface area contributed by atoms with Crippen molar-refractivity contribution in [3.63, 3.8) is 0 Å². The van der Waals surface area contributed by atoms with Gasteiger partial charge < -0.3 is 0 Å². The fourth-order valence-electron chi connectivity index (χ4n) is 5.31. The van der Waals surface area contributed by atoms with E-state index in [0.717, 1.165) is 47.6 Å². The molecule has 33 heavy (non-hydrogen) atoms. The maximum Gasteiger partial charge on any atom is 0.126 e. The Kier molecular flexibility index (Phi) is 7.98. The van der Waals surface area contributed by atoms with Crippen LogP contribution in [0.3, 0.4) is 0 Å². The molecule has 2 unspecified atom stereocenters. The molecule has 2 heteroatoms. The summed E-state index contributed by atoms with van der Waals surface area (Å²) in [4.78, 5) is 4.77. The maximum absolute atomic E-state index is 15.8. The minimum absolute atomic E-state index is 0.0386. The zero-order chi connectivity index (χ0) is 24.3. The van der Waals surface area contributed by atoms with E-state index in [4.69, 9.17) is 4.98 Å². The quantitative estimate of drug-likeness (QED) is 0.396. The van der Waals surface area contributed by atoms with Gasteiger partial charge in [0.1, 0.15) is 5.83 Å². The molecule has 2 aromatic rings. The van der Waals surface area contributed by atoms with Gasteiger partial charge in [-0.2, -0.15) is 0 Å². The van der Waals surface area contributed by atoms with Crippen molar-refractivity contribution in [1.29, 1.82) is 0 Å². The molecule has 5 rings (SSSR count). The molecule has 2 atom stereocenters. The summed E-state index contributed by atoms with van der Waals surface area (Å²) < 4.78 is 15.8. The van der Waals surface area contributed by atoms with E-state index < -0.39 is 0 Å². The van der Waals surface area contributed by atoms with Gasteiger partial charge in [0.05, 0.1) is 5.69 Å². The fraction of sp³-hybridized carbons (Fsp3) is 0.516. The van der Waals surface area contributed by atoms with Crippen molar-refractivity contribution in [3.05, 3.63) is 70.8 Å². The van der Waals surface area contributed by atoms with Crippen molar-refractivity contribution in [1.82, 2.24) is 4.98 Å². The highest BCUT2D eigenvalue weighted by Crippen LogP contribution is 2.56. The molecule has 3 aliphatic rings. The number of allylic oxidation sites excluding steroid dienone is 6. The summed E-state index contributed by atoms with van der Waals surface area (Å²) >= 11 is 0. The van der Waals surface area contributed by atoms with Gasteiger partial charge in [-0.1, -0.05) is 92.2 Å². The highest BCUT2D eigenvalue weighted by molar-refractivity contribution is 6.00. The van der Waals surface area contributed by atoms with E-state index >= 15 is 4.39 Å². The fourth-order valence-corrected chi connectivity index (χ4v) is 5.31. The summed E-state index contributed by atoms with van der Waals surface area (Å²) in [7, 11) is 0. The Labute approximate surface area is 200 Å². The molecule has 178 valence electrons. The second-order valence-electron chi connectivity index (χ2n) is 10.4. The monoisotopic (exact) mass is 447 g/mol. The number of hydrogen-bond acceptors (Lipinski definition) is 1. The first-order valence-corrected chi connectivity index (χ1v) is 12.9. The molecule has 0 fully saturated rings. The summed E-state index contributed by atoms with van der Waals surface area (Å²) in [6.45, 7) is 17.2. The Bertz CT molecular complexity index is 1080. The van der Waals surface area contributed by atoms with Crippen molar-refractivity contribution in [3.8, 4) is 0 Å². The van der Waals surface area contributed by atoms with Crippen molar-refractivity contribution < 1.29 is 4.39 Å². The Morgan fingerprint density at radius 2 is 1.82 bits per heavy atom. The average molecular weight is 448 g/mol. The summed E-state index contributed by atoms with van der Waals surface area (Å²) in [5, 5.41) is 2.42. The highest BCUT2D eigenvalue weighted by atomic mass is 19.1. The lowest BCUT2D eigenvalue weighted by atomic mass is 9.62. The smallest absolute Gasteiger partial charge is 0.126 e. The Morgan fingerprint density at radius 3 is 2.48 bits per heavy atom. The highest BCUT2D eigenvalue weighted by Gasteiger charge is 2.43. The lowest BCUT2D eigenvalue weighted by Crippen LogP contribution is -2.31. The lowest BCUT2D eigenvalue weighted by molar-refractivity contribution is 0.486. The van der Waals surface area contributed by atoms with Crippen LogP contribution in [0, 0.1) is 17.8 Å². The van der Waals surface area contributed by atoms with Gasteiger partial charge in [-0.05, 0) is 65.2 Å². The lowest BCUT2D eigenvalue weighted by Gasteiger charge is -2.42. The van der Waals surface area contributed by atoms with Gasteiger partial charge in [0, 0.05) is 22.6 Å². The Balaban J connectivity index is 0.000000390. The van der Waals surface area contributed by atoms with Crippen molar-refractivity contribution in [2.75, 3.05) is 0 Å². The zero-order valence-electron chi connectivity index (χ0n) is 21.9. The number of benzene rings is 1. The molecular weight excluding hydrogens is 405 g/mol. The van der Waals surface area contributed by atoms with Gasteiger partial charge in [0.15, 0.2) is 0 Å². The molecule has 0 radical (unpaired) electrons. The molecule has 1 aromatic heterocycles. The van der Waals surface area contributed by atoms with Crippen LogP contribution in [0.4, 0.5) is 4.39 Å². The van der Waals surface area contributed by atoms with Crippen LogP contribution in [0.25, 0.3) is 16.3 Å². The molecule has 0 N–H and O–H groups in total. The van der Waals surface area contributed by atoms with E-state index in [1.54, 1.807) is 0 Å². The van der Waals surface area contributed by atoms with Gasteiger partial charge >= 0.3 is 0 Å². The third kappa shape index (κ3) is 4.72. The molecule has 3 aliphatic carbocycles. The van der Waals surface area contributed by atoms with Crippen molar-refractivity contribution in [2.45, 2.75) is 86.5 Å². The van der Waals surface area contributed by atoms with E-state index in [2.05, 4.69) is 78.0 Å². The van der Waals surface area contributed by atoms with Crippen LogP contribution in [0.1, 0.15) is 92.3 Å². The van der Waals surface area contributed by atoms with Crippen LogP contribution >= 0.6 is 0 Å². The summed E-state index contributed by atoms with van der Waals surface area (Å²) in [5.41, 5.74) is 4.92. The predicted molar refractivity (Wildman–Crippen MR) is 142 cm³/mol. The van der Waals surface area contributed by atoms with Gasteiger partial charge in [-0.3, -0.25) is 4.98 Å². The zero-order valence-corrected chi connectivity index (χ0v) is 21.9. The molecular formula is C31H42FN. The Hall–Kier alpha value is -2.22. The SMILES string of the molecule is CC.CC1C=CCC2CC(=C(F)C3=C2c2nccc4cccc(c24)C3(C)C)C1.CCC(C)C. The van der Waals surface area contributed by atoms with E-state index in [9.17, 15) is 0 Å². The molecule has 0 saturated heterocycles. The van der Waals surface area contributed by atoms with Crippen LogP contribution in [0.15, 0.2) is 59.6 Å². The number of aromatic nitrogens is 1. The number of pyridine rings is 1. The van der Waals surface area contributed by atoms with Crippen molar-refractivity contribution in [2.24, 2.45) is 17.8 Å². The molecule has 2 bridgehead atoms. The standard InChI is InChI=1S/C24H24FN.C5H12.C2H6/c1-14-6-4-8-16-13-17(12-14)22(25)21-20(16)23-19-15(10-11-26-23)7-5-9-18(19)24(21,2)3;1-4-5(2)3;1-2/h4-7,9-11,14,16H,8,12-13H2,1-3H3;5H,4H2,1-3H3;1-2H3. The van der Waals surface area contributed by atoms with Crippen LogP contribution < -0.4 is 0 Å². The summed E-state index contributed by atoms with van der Waals surface area (Å²) in [6.07, 6.45) is 10.4. The predicted octanol–water partition coefficient (Wildman–Crippen LogP) is 9.59. The van der Waals surface area contributed by atoms with Crippen LogP contribution in [-0.4, -0.2) is 4.98 Å². The van der Waals surface area contributed by atoms with Gasteiger partial charge in [0.25, 0.3) is 0 Å². The van der Waals surface area contributed by atoms with Gasteiger partial charge in [0.2, 0.25) is 0 Å². The van der Waals surface area contributed by atoms with Gasteiger partial charge in [-0.15, -0.1) is 0 Å². The third-order valence-corrected chi connectivity index (χ3v) is 7.32. The minimum atomic E-state index is -0.342. The first kappa shape index (κ1) is 25.4. The molecule has 0 aliphatic heterocycles. The van der Waals surface area contributed by atoms with Crippen LogP contribution in [-0.2, 0) is 5.41 Å². The van der Waals surface area contributed by atoms with E-state index in [-0.39, 0.29) is 11.2 Å². The Morgan fingerprint density at radius 1 is 1.12 bits per heavy atom. The second-order valence-corrected chi connectivity index (χ2v) is 10.4. The minimum Gasteiger partial charge on any atom is -0.256 e. The number of halogens is 1. The van der Waals surface area contributed by atoms with Gasteiger partial charge in [-0.25, -0.2) is 4.39 Å². The second kappa shape index (κ2) is 10.4. The molecule has 0 spiro atoms. The van der Waals surface area contributed by atoms with E-state index in [1.807, 2.05) is 20.0 Å². The largest absolute Gasteiger partial charge is 0.256 e. The van der Waals surface area contributed by atoms with E-state index in [1.165, 1.54) is 22.8 Å². The summed E-state index contributed by atoms with van der Waals surface area (Å²) in [5.74, 6) is 1.65. The average Bonchev–Trinajstić information content (AvgIpc) is 2.79. The van der Waals surface area contributed by atoms with E-state index in [0.29, 0.717) is 11.8 Å². The third-order valence-electron chi connectivity index (χ3n) is 7.32. The topological polar surface area (TPSA) is 12.9 Å². The van der Waals surface area contributed by atoms with Crippen molar-refractivity contribution >= 4 is 16.3 Å². The summed E-state index contributed by atoms with van der Waals surface area (Å²) in [6, 6.07) is 8.46. The first-order valence-electron chi connectivity index (χ1n) is 12.9. The number of fused-ring (bicyclic) bond motifs is 4. The number of nitrogens with zero attached hydrogens (tertiary/aromatic N) is 1. The molecule has 0 saturated carbocycles. The molecule has 1 aromatic carbocycles. The number of rotatable bonds is 1. The molecule has 0 amide bonds. The number of hydrogen-bond donors (Lipinski definition) is 0. The van der Waals surface area contributed by atoms with Crippen LogP contribution in [0.2, 0.25) is 0 Å². The molecule has 1 heterocycles. The normalized spacial score (nSPS) is 22.6. The van der Waals surface area contributed by atoms with Crippen LogP contribution in [0.5, 0.6) is 0 Å².